The van der Waals surface area contributed by atoms with Gasteiger partial charge in [-0.2, -0.15) is 5.10 Å². The number of hydrogen-bond donors (Lipinski definition) is 2. The zero-order valence-electron chi connectivity index (χ0n) is 13.8. The predicted molar refractivity (Wildman–Crippen MR) is 91.3 cm³/mol. The van der Waals surface area contributed by atoms with Gasteiger partial charge in [0.1, 0.15) is 11.5 Å². The molecule has 2 heterocycles. The average Bonchev–Trinajstić information content (AvgIpc) is 2.99. The van der Waals surface area contributed by atoms with E-state index in [4.69, 9.17) is 16.7 Å². The fraction of sp³-hybridized carbons (Fsp3) is 0.118. The predicted octanol–water partition coefficient (Wildman–Crippen LogP) is 4.33. The van der Waals surface area contributed by atoms with Crippen LogP contribution in [0.1, 0.15) is 18.7 Å². The number of rotatable bonds is 4. The van der Waals surface area contributed by atoms with Gasteiger partial charge in [0, 0.05) is 22.3 Å². The topological polar surface area (TPSA) is 80.0 Å². The highest BCUT2D eigenvalue weighted by molar-refractivity contribution is 6.31. The van der Waals surface area contributed by atoms with Crippen molar-refractivity contribution in [2.24, 2.45) is 0 Å². The molecule has 1 aromatic carbocycles. The summed E-state index contributed by atoms with van der Waals surface area (Å²) in [4.78, 5) is 14.6. The number of hydrogen-bond acceptors (Lipinski definition) is 3. The van der Waals surface area contributed by atoms with Gasteiger partial charge in [-0.1, -0.05) is 11.6 Å². The summed E-state index contributed by atoms with van der Waals surface area (Å²) in [7, 11) is 0. The third kappa shape index (κ3) is 3.87. The quantitative estimate of drug-likeness (QED) is 0.687. The third-order valence-electron chi connectivity index (χ3n) is 3.74. The number of benzene rings is 1. The van der Waals surface area contributed by atoms with E-state index in [0.29, 0.717) is 0 Å². The number of carboxylic acid groups (broad SMARTS) is 1. The van der Waals surface area contributed by atoms with Gasteiger partial charge >= 0.3 is 6.09 Å². The van der Waals surface area contributed by atoms with Crippen LogP contribution in [-0.2, 0) is 0 Å². The molecule has 0 saturated carbocycles. The highest BCUT2D eigenvalue weighted by Gasteiger charge is 2.19. The third-order valence-corrected chi connectivity index (χ3v) is 3.96. The molecule has 140 valence electrons. The molecule has 3 rings (SSSR count). The smallest absolute Gasteiger partial charge is 0.405 e. The number of pyridine rings is 1. The van der Waals surface area contributed by atoms with Crippen LogP contribution in [0.2, 0.25) is 5.02 Å². The molecule has 10 heteroatoms. The van der Waals surface area contributed by atoms with Crippen LogP contribution in [0.3, 0.4) is 0 Å². The van der Waals surface area contributed by atoms with Gasteiger partial charge in [-0.3, -0.25) is 4.98 Å². The Balaban J connectivity index is 2.11. The molecule has 0 fully saturated rings. The SMILES string of the molecule is CC(NC(=O)O)c1ncc(-c2cc(Cl)cc(F)c2-n2cc(F)cn2)cc1F. The number of carbonyl (C=O) groups is 1. The zero-order chi connectivity index (χ0) is 19.7. The number of amides is 1. The number of aromatic nitrogens is 3. The van der Waals surface area contributed by atoms with Crippen molar-refractivity contribution in [3.05, 3.63) is 65.0 Å². The van der Waals surface area contributed by atoms with Crippen molar-refractivity contribution in [2.75, 3.05) is 0 Å². The Kier molecular flexibility index (Phi) is 5.04. The largest absolute Gasteiger partial charge is 0.465 e. The Morgan fingerprint density at radius 1 is 1.22 bits per heavy atom. The first-order valence-electron chi connectivity index (χ1n) is 7.61. The molecule has 0 aliphatic carbocycles. The van der Waals surface area contributed by atoms with E-state index in [-0.39, 0.29) is 27.5 Å². The lowest BCUT2D eigenvalue weighted by molar-refractivity contribution is 0.190. The highest BCUT2D eigenvalue weighted by atomic mass is 35.5. The van der Waals surface area contributed by atoms with Gasteiger partial charge in [0.05, 0.1) is 24.1 Å². The molecule has 27 heavy (non-hydrogen) atoms. The molecular weight excluding hydrogens is 385 g/mol. The first-order chi connectivity index (χ1) is 12.8. The minimum atomic E-state index is -1.33. The Bertz CT molecular complexity index is 1030. The van der Waals surface area contributed by atoms with E-state index in [0.717, 1.165) is 29.2 Å². The van der Waals surface area contributed by atoms with E-state index in [2.05, 4.69) is 15.4 Å². The number of nitrogens with zero attached hydrogens (tertiary/aromatic N) is 3. The number of halogens is 4. The molecule has 0 spiro atoms. The van der Waals surface area contributed by atoms with Crippen LogP contribution in [0, 0.1) is 17.5 Å². The Hall–Kier alpha value is -3.07. The van der Waals surface area contributed by atoms with E-state index >= 15 is 0 Å². The van der Waals surface area contributed by atoms with Crippen LogP contribution >= 0.6 is 11.6 Å². The van der Waals surface area contributed by atoms with Crippen molar-refractivity contribution in [3.8, 4) is 16.8 Å². The normalized spacial score (nSPS) is 12.0. The standard InChI is InChI=1S/C17H12ClF3N4O2/c1-8(24-17(26)27)15-13(20)2-9(5-22-15)12-3-10(18)4-14(21)16(12)25-7-11(19)6-23-25/h2-8,24H,1H3,(H,26,27). The van der Waals surface area contributed by atoms with Crippen molar-refractivity contribution in [1.82, 2.24) is 20.1 Å². The second-order valence-corrected chi connectivity index (χ2v) is 6.09. The lowest BCUT2D eigenvalue weighted by Gasteiger charge is -2.15. The second-order valence-electron chi connectivity index (χ2n) is 5.65. The first kappa shape index (κ1) is 18.7. The van der Waals surface area contributed by atoms with E-state index in [9.17, 15) is 18.0 Å². The zero-order valence-corrected chi connectivity index (χ0v) is 14.5. The molecule has 1 atom stereocenters. The van der Waals surface area contributed by atoms with E-state index in [1.165, 1.54) is 19.2 Å². The van der Waals surface area contributed by atoms with Crippen molar-refractivity contribution in [3.63, 3.8) is 0 Å². The van der Waals surface area contributed by atoms with E-state index in [1.54, 1.807) is 0 Å². The Morgan fingerprint density at radius 2 is 1.96 bits per heavy atom. The summed E-state index contributed by atoms with van der Waals surface area (Å²) in [5, 5.41) is 14.6. The van der Waals surface area contributed by atoms with Gasteiger partial charge in [0.15, 0.2) is 11.6 Å². The van der Waals surface area contributed by atoms with Crippen LogP contribution in [0.4, 0.5) is 18.0 Å². The lowest BCUT2D eigenvalue weighted by atomic mass is 10.0. The summed E-state index contributed by atoms with van der Waals surface area (Å²) in [6.45, 7) is 1.43. The molecule has 0 radical (unpaired) electrons. The molecule has 0 aliphatic rings. The highest BCUT2D eigenvalue weighted by Crippen LogP contribution is 2.33. The van der Waals surface area contributed by atoms with Crippen molar-refractivity contribution in [1.29, 1.82) is 0 Å². The summed E-state index contributed by atoms with van der Waals surface area (Å²) in [6, 6.07) is 2.56. The summed E-state index contributed by atoms with van der Waals surface area (Å²) >= 11 is 5.91. The summed E-state index contributed by atoms with van der Waals surface area (Å²) < 4.78 is 43.2. The first-order valence-corrected chi connectivity index (χ1v) is 7.99. The van der Waals surface area contributed by atoms with Crippen LogP contribution in [-0.4, -0.2) is 26.0 Å². The van der Waals surface area contributed by atoms with Gasteiger partial charge in [0.2, 0.25) is 0 Å². The summed E-state index contributed by atoms with van der Waals surface area (Å²) in [5.41, 5.74) is 0.0373. The van der Waals surface area contributed by atoms with Crippen molar-refractivity contribution >= 4 is 17.7 Å². The molecule has 1 amide bonds. The molecule has 3 aromatic rings. The van der Waals surface area contributed by atoms with Crippen molar-refractivity contribution < 1.29 is 23.1 Å². The summed E-state index contributed by atoms with van der Waals surface area (Å²) in [5.74, 6) is -2.26. The van der Waals surface area contributed by atoms with Crippen LogP contribution in [0.5, 0.6) is 0 Å². The summed E-state index contributed by atoms with van der Waals surface area (Å²) in [6.07, 6.45) is 1.78. The molecule has 2 N–H and O–H groups in total. The van der Waals surface area contributed by atoms with Gasteiger partial charge < -0.3 is 10.4 Å². The van der Waals surface area contributed by atoms with Crippen molar-refractivity contribution in [2.45, 2.75) is 13.0 Å². The molecule has 0 aliphatic heterocycles. The maximum absolute atomic E-state index is 14.5. The molecule has 2 aromatic heterocycles. The Labute approximate surface area is 156 Å². The maximum Gasteiger partial charge on any atom is 0.405 e. The average molecular weight is 397 g/mol. The van der Waals surface area contributed by atoms with Crippen LogP contribution in [0.25, 0.3) is 16.8 Å². The molecular formula is C17H12ClF3N4O2. The van der Waals surface area contributed by atoms with Gasteiger partial charge in [-0.05, 0) is 25.1 Å². The molecule has 0 bridgehead atoms. The van der Waals surface area contributed by atoms with Crippen LogP contribution in [0.15, 0.2) is 36.8 Å². The lowest BCUT2D eigenvalue weighted by Crippen LogP contribution is -2.26. The van der Waals surface area contributed by atoms with Gasteiger partial charge in [0.25, 0.3) is 0 Å². The number of nitrogens with one attached hydrogen (secondary N) is 1. The van der Waals surface area contributed by atoms with E-state index in [1.807, 2.05) is 0 Å². The van der Waals surface area contributed by atoms with E-state index < -0.39 is 29.6 Å². The Morgan fingerprint density at radius 3 is 2.56 bits per heavy atom. The van der Waals surface area contributed by atoms with Gasteiger partial charge in [-0.25, -0.2) is 22.6 Å². The fourth-order valence-electron chi connectivity index (χ4n) is 2.61. The van der Waals surface area contributed by atoms with Crippen LogP contribution < -0.4 is 5.32 Å². The monoisotopic (exact) mass is 396 g/mol. The minimum absolute atomic E-state index is 0.0456. The second kappa shape index (κ2) is 7.28. The van der Waals surface area contributed by atoms with Gasteiger partial charge in [-0.15, -0.1) is 0 Å². The minimum Gasteiger partial charge on any atom is -0.465 e. The molecule has 0 saturated heterocycles. The maximum atomic E-state index is 14.5. The fourth-order valence-corrected chi connectivity index (χ4v) is 2.81. The molecule has 6 nitrogen and oxygen atoms in total. The molecule has 1 unspecified atom stereocenters.